The van der Waals surface area contributed by atoms with Crippen LogP contribution < -0.4 is 11.1 Å². The van der Waals surface area contributed by atoms with Crippen molar-refractivity contribution in [1.82, 2.24) is 15.1 Å². The molecule has 2 fully saturated rings. The van der Waals surface area contributed by atoms with Crippen LogP contribution in [-0.4, -0.2) is 81.8 Å². The van der Waals surface area contributed by atoms with Gasteiger partial charge in [-0.05, 0) is 44.6 Å². The smallest absolute Gasteiger partial charge is 0.426 e. The second kappa shape index (κ2) is 10.3. The fourth-order valence-electron chi connectivity index (χ4n) is 4.47. The molecule has 2 saturated heterocycles. The standard InChI is InChI=1S/C21H31BN4O5/c1-14(20(28)26-12-6-10-18(26)22(30)31)24-19(27)17-9-5-11-25(17)21(29)16(23)13-15-7-3-2-4-8-15/h2-4,7-8,14,16-18,30-31H,5-6,9-13,23H2,1H3,(H,24,27)/t14-,16+,17?,18?/m0/s1. The Hall–Kier alpha value is -2.43. The number of carbonyl (C=O) groups is 3. The first kappa shape index (κ1) is 23.2. The molecule has 0 aromatic heterocycles. The summed E-state index contributed by atoms with van der Waals surface area (Å²) in [7, 11) is -1.61. The maximum atomic E-state index is 12.9. The van der Waals surface area contributed by atoms with Crippen LogP contribution in [0.2, 0.25) is 0 Å². The molecule has 31 heavy (non-hydrogen) atoms. The van der Waals surface area contributed by atoms with Crippen molar-refractivity contribution in [2.75, 3.05) is 13.1 Å². The Morgan fingerprint density at radius 3 is 2.42 bits per heavy atom. The van der Waals surface area contributed by atoms with E-state index in [2.05, 4.69) is 5.32 Å². The average Bonchev–Trinajstić information content (AvgIpc) is 3.43. The van der Waals surface area contributed by atoms with Gasteiger partial charge >= 0.3 is 7.12 Å². The van der Waals surface area contributed by atoms with E-state index in [1.54, 1.807) is 6.92 Å². The highest BCUT2D eigenvalue weighted by molar-refractivity contribution is 6.43. The number of benzene rings is 1. The second-order valence-corrected chi connectivity index (χ2v) is 8.37. The molecule has 10 heteroatoms. The van der Waals surface area contributed by atoms with E-state index in [-0.39, 0.29) is 17.7 Å². The lowest BCUT2D eigenvalue weighted by atomic mass is 9.78. The molecule has 0 spiro atoms. The van der Waals surface area contributed by atoms with E-state index in [1.807, 2.05) is 30.3 Å². The minimum Gasteiger partial charge on any atom is -0.426 e. The summed E-state index contributed by atoms with van der Waals surface area (Å²) in [6.45, 7) is 2.44. The molecule has 5 N–H and O–H groups in total. The van der Waals surface area contributed by atoms with Gasteiger partial charge in [0.2, 0.25) is 17.7 Å². The third kappa shape index (κ3) is 5.44. The molecule has 0 saturated carbocycles. The van der Waals surface area contributed by atoms with Crippen LogP contribution >= 0.6 is 0 Å². The first-order chi connectivity index (χ1) is 14.8. The molecule has 2 aliphatic heterocycles. The molecule has 1 aromatic carbocycles. The fourth-order valence-corrected chi connectivity index (χ4v) is 4.47. The number of nitrogens with two attached hydrogens (primary N) is 1. The normalized spacial score (nSPS) is 22.8. The fraction of sp³-hybridized carbons (Fsp3) is 0.571. The van der Waals surface area contributed by atoms with Crippen molar-refractivity contribution in [3.8, 4) is 0 Å². The Bertz CT molecular complexity index is 793. The van der Waals surface area contributed by atoms with Crippen LogP contribution in [-0.2, 0) is 20.8 Å². The summed E-state index contributed by atoms with van der Waals surface area (Å²) in [5.74, 6) is -1.68. The number of nitrogens with one attached hydrogen (secondary N) is 1. The molecule has 2 heterocycles. The summed E-state index contributed by atoms with van der Waals surface area (Å²) >= 11 is 0. The van der Waals surface area contributed by atoms with Gasteiger partial charge < -0.3 is 30.9 Å². The summed E-state index contributed by atoms with van der Waals surface area (Å²) in [6.07, 6.45) is 2.78. The SMILES string of the molecule is C[C@H](NC(=O)C1CCCN1C(=O)[C@H](N)Cc1ccccc1)C(=O)N1CCCC1B(O)O. The number of hydrogen-bond acceptors (Lipinski definition) is 6. The monoisotopic (exact) mass is 430 g/mol. The van der Waals surface area contributed by atoms with E-state index in [0.717, 1.165) is 5.56 Å². The van der Waals surface area contributed by atoms with Gasteiger partial charge in [-0.3, -0.25) is 14.4 Å². The topological polar surface area (TPSA) is 136 Å². The molecule has 1 aromatic rings. The molecule has 168 valence electrons. The van der Waals surface area contributed by atoms with Crippen molar-refractivity contribution in [2.45, 2.75) is 63.1 Å². The van der Waals surface area contributed by atoms with Gasteiger partial charge in [-0.15, -0.1) is 0 Å². The van der Waals surface area contributed by atoms with Crippen LogP contribution in [0.25, 0.3) is 0 Å². The van der Waals surface area contributed by atoms with Crippen molar-refractivity contribution in [3.05, 3.63) is 35.9 Å². The molecule has 3 amide bonds. The van der Waals surface area contributed by atoms with Gasteiger partial charge in [0.05, 0.1) is 12.0 Å². The lowest BCUT2D eigenvalue weighted by Gasteiger charge is -2.30. The third-order valence-electron chi connectivity index (χ3n) is 6.11. The number of carbonyl (C=O) groups excluding carboxylic acids is 3. The Kier molecular flexibility index (Phi) is 7.69. The number of rotatable bonds is 7. The van der Waals surface area contributed by atoms with Gasteiger partial charge in [0.1, 0.15) is 12.1 Å². The van der Waals surface area contributed by atoms with E-state index in [0.29, 0.717) is 45.2 Å². The summed E-state index contributed by atoms with van der Waals surface area (Å²) in [6, 6.07) is 7.24. The summed E-state index contributed by atoms with van der Waals surface area (Å²) in [4.78, 5) is 41.4. The van der Waals surface area contributed by atoms with Crippen LogP contribution in [0.15, 0.2) is 30.3 Å². The molecular formula is C21H31BN4O5. The summed E-state index contributed by atoms with van der Waals surface area (Å²) in [5.41, 5.74) is 7.09. The summed E-state index contributed by atoms with van der Waals surface area (Å²) < 4.78 is 0. The first-order valence-corrected chi connectivity index (χ1v) is 10.9. The van der Waals surface area contributed by atoms with Crippen molar-refractivity contribution in [3.63, 3.8) is 0 Å². The highest BCUT2D eigenvalue weighted by Crippen LogP contribution is 2.21. The van der Waals surface area contributed by atoms with Gasteiger partial charge in [-0.1, -0.05) is 30.3 Å². The van der Waals surface area contributed by atoms with Gasteiger partial charge in [0.15, 0.2) is 0 Å². The summed E-state index contributed by atoms with van der Waals surface area (Å²) in [5, 5.41) is 21.7. The second-order valence-electron chi connectivity index (χ2n) is 8.37. The van der Waals surface area contributed by atoms with Gasteiger partial charge in [0, 0.05) is 13.1 Å². The number of likely N-dealkylation sites (tertiary alicyclic amines) is 2. The lowest BCUT2D eigenvalue weighted by Crippen LogP contribution is -2.56. The van der Waals surface area contributed by atoms with E-state index >= 15 is 0 Å². The molecule has 4 atom stereocenters. The van der Waals surface area contributed by atoms with Crippen molar-refractivity contribution < 1.29 is 24.4 Å². The van der Waals surface area contributed by atoms with Gasteiger partial charge in [-0.2, -0.15) is 0 Å². The highest BCUT2D eigenvalue weighted by Gasteiger charge is 2.40. The Labute approximate surface area is 182 Å². The minimum absolute atomic E-state index is 0.275. The zero-order valence-corrected chi connectivity index (χ0v) is 17.8. The van der Waals surface area contributed by atoms with Crippen LogP contribution in [0.4, 0.5) is 0 Å². The van der Waals surface area contributed by atoms with Gasteiger partial charge in [-0.25, -0.2) is 0 Å². The number of hydrogen-bond donors (Lipinski definition) is 4. The van der Waals surface area contributed by atoms with Gasteiger partial charge in [0.25, 0.3) is 0 Å². The predicted octanol–water partition coefficient (Wildman–Crippen LogP) is -0.945. The third-order valence-corrected chi connectivity index (χ3v) is 6.11. The molecule has 2 unspecified atom stereocenters. The Balaban J connectivity index is 1.58. The molecule has 2 aliphatic rings. The zero-order chi connectivity index (χ0) is 22.5. The maximum absolute atomic E-state index is 12.9. The number of nitrogens with zero attached hydrogens (tertiary/aromatic N) is 2. The van der Waals surface area contributed by atoms with Crippen LogP contribution in [0.3, 0.4) is 0 Å². The molecule has 3 rings (SSSR count). The number of amides is 3. The molecule has 0 radical (unpaired) electrons. The quantitative estimate of drug-likeness (QED) is 0.412. The Morgan fingerprint density at radius 1 is 1.10 bits per heavy atom. The zero-order valence-electron chi connectivity index (χ0n) is 17.8. The van der Waals surface area contributed by atoms with Crippen molar-refractivity contribution in [2.24, 2.45) is 5.73 Å². The van der Waals surface area contributed by atoms with Crippen LogP contribution in [0.5, 0.6) is 0 Å². The lowest BCUT2D eigenvalue weighted by molar-refractivity contribution is -0.141. The molecule has 0 bridgehead atoms. The predicted molar refractivity (Wildman–Crippen MR) is 115 cm³/mol. The largest absolute Gasteiger partial charge is 0.475 e. The van der Waals surface area contributed by atoms with Crippen molar-refractivity contribution >= 4 is 24.8 Å². The van der Waals surface area contributed by atoms with E-state index in [9.17, 15) is 24.4 Å². The highest BCUT2D eigenvalue weighted by atomic mass is 16.4. The average molecular weight is 430 g/mol. The van der Waals surface area contributed by atoms with Crippen LogP contribution in [0, 0.1) is 0 Å². The Morgan fingerprint density at radius 2 is 1.74 bits per heavy atom. The van der Waals surface area contributed by atoms with E-state index in [1.165, 1.54) is 9.80 Å². The van der Waals surface area contributed by atoms with E-state index < -0.39 is 31.2 Å². The maximum Gasteiger partial charge on any atom is 0.475 e. The first-order valence-electron chi connectivity index (χ1n) is 10.9. The van der Waals surface area contributed by atoms with Crippen LogP contribution in [0.1, 0.15) is 38.2 Å². The molecule has 9 nitrogen and oxygen atoms in total. The molecule has 0 aliphatic carbocycles. The van der Waals surface area contributed by atoms with Crippen molar-refractivity contribution in [1.29, 1.82) is 0 Å². The molecular weight excluding hydrogens is 399 g/mol. The van der Waals surface area contributed by atoms with E-state index in [4.69, 9.17) is 5.73 Å². The minimum atomic E-state index is -1.61.